The van der Waals surface area contributed by atoms with Crippen molar-refractivity contribution in [3.8, 4) is 0 Å². The fourth-order valence-electron chi connectivity index (χ4n) is 1.12. The van der Waals surface area contributed by atoms with Gasteiger partial charge in [0.05, 0.1) is 7.11 Å². The first-order chi connectivity index (χ1) is 7.04. The Hall–Kier alpha value is -0.390. The molecule has 1 N–H and O–H groups in total. The Morgan fingerprint density at radius 1 is 1.73 bits per heavy atom. The van der Waals surface area contributed by atoms with E-state index in [0.29, 0.717) is 6.54 Å². The van der Waals surface area contributed by atoms with Gasteiger partial charge in [-0.2, -0.15) is 0 Å². The second-order valence-corrected chi connectivity index (χ2v) is 5.44. The highest BCUT2D eigenvalue weighted by atomic mass is 79.9. The number of hydrogen-bond acceptors (Lipinski definition) is 4. The van der Waals surface area contributed by atoms with Crippen LogP contribution >= 0.6 is 27.3 Å². The van der Waals surface area contributed by atoms with Gasteiger partial charge in [-0.1, -0.05) is 0 Å². The molecular formula is C10H14BrNO2S. The molecule has 0 radical (unpaired) electrons. The van der Waals surface area contributed by atoms with Crippen LogP contribution in [0.1, 0.15) is 16.7 Å². The van der Waals surface area contributed by atoms with Crippen molar-refractivity contribution in [2.24, 2.45) is 0 Å². The van der Waals surface area contributed by atoms with E-state index in [1.807, 2.05) is 0 Å². The standard InChI is InChI=1S/C10H14BrNO2S/c1-6(10(13)14-3)12-5-8-4-9(11)7(2)15-8/h4,6,12H,5H2,1-3H3/t6-/m0/s1. The van der Waals surface area contributed by atoms with E-state index >= 15 is 0 Å². The smallest absolute Gasteiger partial charge is 0.322 e. The molecule has 0 aliphatic carbocycles. The van der Waals surface area contributed by atoms with Gasteiger partial charge in [0.25, 0.3) is 0 Å². The van der Waals surface area contributed by atoms with Crippen molar-refractivity contribution in [2.75, 3.05) is 7.11 Å². The molecule has 0 aromatic carbocycles. The maximum absolute atomic E-state index is 11.1. The monoisotopic (exact) mass is 291 g/mol. The molecule has 1 aromatic rings. The van der Waals surface area contributed by atoms with E-state index in [1.165, 1.54) is 16.9 Å². The molecule has 0 saturated heterocycles. The van der Waals surface area contributed by atoms with E-state index in [2.05, 4.69) is 39.0 Å². The first-order valence-electron chi connectivity index (χ1n) is 4.60. The van der Waals surface area contributed by atoms with Gasteiger partial charge in [0.2, 0.25) is 0 Å². The van der Waals surface area contributed by atoms with Gasteiger partial charge in [-0.25, -0.2) is 0 Å². The maximum Gasteiger partial charge on any atom is 0.322 e. The Bertz CT molecular complexity index is 332. The molecule has 1 aromatic heterocycles. The highest BCUT2D eigenvalue weighted by molar-refractivity contribution is 9.10. The fourth-order valence-corrected chi connectivity index (χ4v) is 2.67. The first-order valence-corrected chi connectivity index (χ1v) is 6.21. The lowest BCUT2D eigenvalue weighted by molar-refractivity contribution is -0.142. The van der Waals surface area contributed by atoms with Crippen LogP contribution in [0, 0.1) is 6.92 Å². The van der Waals surface area contributed by atoms with Crippen molar-refractivity contribution < 1.29 is 9.53 Å². The molecule has 0 spiro atoms. The number of carbonyl (C=O) groups is 1. The van der Waals surface area contributed by atoms with Crippen LogP contribution < -0.4 is 5.32 Å². The lowest BCUT2D eigenvalue weighted by Gasteiger charge is -2.09. The molecule has 0 aliphatic heterocycles. The van der Waals surface area contributed by atoms with Crippen molar-refractivity contribution in [3.63, 3.8) is 0 Å². The largest absolute Gasteiger partial charge is 0.468 e. The summed E-state index contributed by atoms with van der Waals surface area (Å²) in [4.78, 5) is 13.6. The maximum atomic E-state index is 11.1. The molecule has 0 amide bonds. The summed E-state index contributed by atoms with van der Waals surface area (Å²) in [6.07, 6.45) is 0. The molecular weight excluding hydrogens is 278 g/mol. The van der Waals surface area contributed by atoms with E-state index in [1.54, 1.807) is 18.3 Å². The topological polar surface area (TPSA) is 38.3 Å². The van der Waals surface area contributed by atoms with Crippen LogP contribution in [0.3, 0.4) is 0 Å². The zero-order chi connectivity index (χ0) is 11.4. The third-order valence-corrected chi connectivity index (χ3v) is 4.18. The van der Waals surface area contributed by atoms with Gasteiger partial charge in [-0.05, 0) is 35.8 Å². The SMILES string of the molecule is COC(=O)[C@H](C)NCc1cc(Br)c(C)s1. The quantitative estimate of drug-likeness (QED) is 0.866. The molecule has 1 heterocycles. The molecule has 15 heavy (non-hydrogen) atoms. The van der Waals surface area contributed by atoms with Gasteiger partial charge in [0.15, 0.2) is 0 Å². The third kappa shape index (κ3) is 3.59. The summed E-state index contributed by atoms with van der Waals surface area (Å²) < 4.78 is 5.74. The molecule has 5 heteroatoms. The summed E-state index contributed by atoms with van der Waals surface area (Å²) in [6, 6.07) is 1.80. The van der Waals surface area contributed by atoms with Gasteiger partial charge in [-0.15, -0.1) is 11.3 Å². The number of thiophene rings is 1. The molecule has 0 unspecified atom stereocenters. The lowest BCUT2D eigenvalue weighted by Crippen LogP contribution is -2.34. The molecule has 1 atom stereocenters. The summed E-state index contributed by atoms with van der Waals surface area (Å²) in [5.41, 5.74) is 0. The lowest BCUT2D eigenvalue weighted by atomic mass is 10.3. The predicted octanol–water partition coefficient (Wildman–Crippen LogP) is 2.47. The summed E-state index contributed by atoms with van der Waals surface area (Å²) in [5.74, 6) is -0.234. The number of halogens is 1. The van der Waals surface area contributed by atoms with Crippen molar-refractivity contribution in [1.82, 2.24) is 5.32 Å². The number of nitrogens with one attached hydrogen (secondary N) is 1. The summed E-state index contributed by atoms with van der Waals surface area (Å²) in [5, 5.41) is 3.11. The first kappa shape index (κ1) is 12.7. The zero-order valence-corrected chi connectivity index (χ0v) is 11.4. The fraction of sp³-hybridized carbons (Fsp3) is 0.500. The third-order valence-electron chi connectivity index (χ3n) is 2.05. The minimum atomic E-state index is -0.267. The summed E-state index contributed by atoms with van der Waals surface area (Å²) in [7, 11) is 1.40. The number of esters is 1. The number of ether oxygens (including phenoxy) is 1. The Morgan fingerprint density at radius 2 is 2.40 bits per heavy atom. The average molecular weight is 292 g/mol. The number of aryl methyl sites for hydroxylation is 1. The molecule has 0 saturated carbocycles. The minimum absolute atomic E-state index is 0.234. The molecule has 1 rings (SSSR count). The van der Waals surface area contributed by atoms with E-state index < -0.39 is 0 Å². The average Bonchev–Trinajstić information content (AvgIpc) is 2.54. The van der Waals surface area contributed by atoms with Crippen LogP contribution in [-0.4, -0.2) is 19.1 Å². The van der Waals surface area contributed by atoms with Crippen LogP contribution in [0.2, 0.25) is 0 Å². The van der Waals surface area contributed by atoms with E-state index in [4.69, 9.17) is 0 Å². The van der Waals surface area contributed by atoms with E-state index in [-0.39, 0.29) is 12.0 Å². The van der Waals surface area contributed by atoms with Crippen molar-refractivity contribution in [1.29, 1.82) is 0 Å². The van der Waals surface area contributed by atoms with E-state index in [9.17, 15) is 4.79 Å². The van der Waals surface area contributed by atoms with E-state index in [0.717, 1.165) is 4.47 Å². The Morgan fingerprint density at radius 3 is 2.87 bits per heavy atom. The second-order valence-electron chi connectivity index (χ2n) is 3.24. The number of rotatable bonds is 4. The Labute approximate surface area is 102 Å². The Balaban J connectivity index is 2.47. The summed E-state index contributed by atoms with van der Waals surface area (Å²) in [6.45, 7) is 4.54. The van der Waals surface area contributed by atoms with Crippen LogP contribution in [0.5, 0.6) is 0 Å². The zero-order valence-electron chi connectivity index (χ0n) is 8.96. The van der Waals surface area contributed by atoms with Crippen molar-refractivity contribution in [2.45, 2.75) is 26.4 Å². The number of carbonyl (C=O) groups excluding carboxylic acids is 1. The minimum Gasteiger partial charge on any atom is -0.468 e. The van der Waals surface area contributed by atoms with Crippen molar-refractivity contribution >= 4 is 33.2 Å². The van der Waals surface area contributed by atoms with Gasteiger partial charge in [-0.3, -0.25) is 10.1 Å². The molecule has 0 fully saturated rings. The summed E-state index contributed by atoms with van der Waals surface area (Å²) >= 11 is 5.17. The normalized spacial score (nSPS) is 12.5. The molecule has 84 valence electrons. The van der Waals surface area contributed by atoms with Gasteiger partial charge in [0.1, 0.15) is 6.04 Å². The predicted molar refractivity (Wildman–Crippen MR) is 65.1 cm³/mol. The van der Waals surface area contributed by atoms with Crippen LogP contribution in [0.25, 0.3) is 0 Å². The molecule has 3 nitrogen and oxygen atoms in total. The van der Waals surface area contributed by atoms with Crippen LogP contribution in [-0.2, 0) is 16.1 Å². The molecule has 0 aliphatic rings. The number of hydrogen-bond donors (Lipinski definition) is 1. The van der Waals surface area contributed by atoms with Gasteiger partial charge < -0.3 is 4.74 Å². The number of methoxy groups -OCH3 is 1. The second kappa shape index (κ2) is 5.63. The van der Waals surface area contributed by atoms with Crippen LogP contribution in [0.4, 0.5) is 0 Å². The van der Waals surface area contributed by atoms with Crippen molar-refractivity contribution in [3.05, 3.63) is 20.3 Å². The molecule has 0 bridgehead atoms. The Kier molecular flexibility index (Phi) is 4.76. The highest BCUT2D eigenvalue weighted by Crippen LogP contribution is 2.26. The highest BCUT2D eigenvalue weighted by Gasteiger charge is 2.12. The van der Waals surface area contributed by atoms with Gasteiger partial charge >= 0.3 is 5.97 Å². The van der Waals surface area contributed by atoms with Gasteiger partial charge in [0, 0.05) is 20.8 Å². The van der Waals surface area contributed by atoms with Crippen LogP contribution in [0.15, 0.2) is 10.5 Å².